The molecule has 0 N–H and O–H groups in total. The highest BCUT2D eigenvalue weighted by Gasteiger charge is 2.48. The molecule has 0 spiro atoms. The Morgan fingerprint density at radius 1 is 0.651 bits per heavy atom. The lowest BCUT2D eigenvalue weighted by atomic mass is 9.75. The first kappa shape index (κ1) is 66.7. The molecule has 86 heavy (non-hydrogen) atoms. The zero-order valence-corrected chi connectivity index (χ0v) is 54.3. The molecule has 3 aliphatic heterocycles. The van der Waals surface area contributed by atoms with Gasteiger partial charge in [0, 0.05) is 134 Å². The second kappa shape index (κ2) is 27.9. The number of Topliss-reactive ketones (excluding diaryl/α,β-unsaturated/α-hetero) is 1. The monoisotopic (exact) mass is 1220 g/mol. The number of fused-ring (bicyclic) bond motifs is 2. The minimum Gasteiger partial charge on any atom is -0.444 e. The first-order valence-corrected chi connectivity index (χ1v) is 37.4. The standard InChI is InChI=1S/C30H44N8O3Si.C21H28N6OSi.C10H17NO3.CH4/c1-29(2,3)41-28(39)35-12-7-24(8-13-35)37-19-30(20-37,10-11-31)38-18-23(17-34-38)26-25-9-14-36(27(25)33-21-32-26)22-40-15-16-42(4,5)6;1-29(2,3)12-11-28-16-26-10-5-18-19(23-15-24-20(18)26)17-13-25-27(14-17)21(8-9-22)6-4-7-21;1-10(2,3)14-9(13)11-6-4-8(12)5-7-11;/h9,14,17-18,21,24H,7-8,10,12-13,15-16,19-20,22H2,1-6H3;5,10,13-15H,4,6-8,11-12,16H2,1-3H3;4-7H2,1-3H3;1H4. The van der Waals surface area contributed by atoms with Crippen LogP contribution in [0.4, 0.5) is 9.59 Å². The van der Waals surface area contributed by atoms with E-state index in [1.54, 1.807) is 22.5 Å². The van der Waals surface area contributed by atoms with Crippen LogP contribution in [0.25, 0.3) is 44.6 Å². The van der Waals surface area contributed by atoms with Crippen molar-refractivity contribution in [3.05, 3.63) is 62.0 Å². The maximum absolute atomic E-state index is 12.5. The van der Waals surface area contributed by atoms with Gasteiger partial charge in [-0.05, 0) is 97.9 Å². The van der Waals surface area contributed by atoms with Crippen LogP contribution >= 0.6 is 0 Å². The van der Waals surface area contributed by atoms with Crippen molar-refractivity contribution in [1.82, 2.24) is 63.3 Å². The number of hydrogen-bond donors (Lipinski definition) is 0. The van der Waals surface area contributed by atoms with E-state index in [1.165, 1.54) is 0 Å². The molecule has 10 rings (SSSR count). The highest BCUT2D eigenvalue weighted by atomic mass is 28.3. The number of ether oxygens (including phenoxy) is 4. The number of ketones is 1. The van der Waals surface area contributed by atoms with Crippen molar-refractivity contribution in [2.24, 2.45) is 0 Å². The van der Waals surface area contributed by atoms with Crippen molar-refractivity contribution >= 4 is 56.2 Å². The van der Waals surface area contributed by atoms with Gasteiger partial charge in [-0.1, -0.05) is 46.7 Å². The molecule has 2 amide bonds. The fourth-order valence-electron chi connectivity index (χ4n) is 10.8. The maximum atomic E-state index is 12.5. The Hall–Kier alpha value is -6.84. The van der Waals surface area contributed by atoms with Gasteiger partial charge in [-0.15, -0.1) is 0 Å². The predicted molar refractivity (Wildman–Crippen MR) is 337 cm³/mol. The largest absolute Gasteiger partial charge is 0.444 e. The fourth-order valence-corrected chi connectivity index (χ4v) is 12.4. The van der Waals surface area contributed by atoms with Crippen LogP contribution in [0, 0.1) is 22.7 Å². The number of nitrogens with zero attached hydrogens (tertiary/aromatic N) is 15. The highest BCUT2D eigenvalue weighted by Crippen LogP contribution is 2.43. The van der Waals surface area contributed by atoms with Crippen LogP contribution in [0.2, 0.25) is 51.4 Å². The Balaban J connectivity index is 0.000000207. The molecule has 466 valence electrons. The van der Waals surface area contributed by atoms with Crippen molar-refractivity contribution in [3.8, 4) is 34.7 Å². The predicted octanol–water partition coefficient (Wildman–Crippen LogP) is 11.6. The van der Waals surface area contributed by atoms with Crippen LogP contribution in [0.1, 0.15) is 107 Å². The Morgan fingerprint density at radius 2 is 1.08 bits per heavy atom. The summed E-state index contributed by atoms with van der Waals surface area (Å²) in [6.07, 6.45) is 21.1. The van der Waals surface area contributed by atoms with E-state index < -0.39 is 27.3 Å². The molecule has 9 heterocycles. The molecule has 6 aromatic heterocycles. The van der Waals surface area contributed by atoms with Crippen molar-refractivity contribution in [2.45, 2.75) is 200 Å². The third kappa shape index (κ3) is 17.2. The van der Waals surface area contributed by atoms with Gasteiger partial charge >= 0.3 is 12.2 Å². The number of nitriles is 2. The molecule has 1 aliphatic carbocycles. The van der Waals surface area contributed by atoms with Crippen LogP contribution in [-0.2, 0) is 48.3 Å². The summed E-state index contributed by atoms with van der Waals surface area (Å²) in [4.78, 5) is 58.9. The van der Waals surface area contributed by atoms with E-state index in [1.807, 2.05) is 109 Å². The van der Waals surface area contributed by atoms with Crippen molar-refractivity contribution in [3.63, 3.8) is 0 Å². The number of hydrogen-bond acceptors (Lipinski definition) is 16. The first-order chi connectivity index (χ1) is 40.2. The summed E-state index contributed by atoms with van der Waals surface area (Å²) in [6.45, 7) is 31.6. The second-order valence-corrected chi connectivity index (χ2v) is 38.9. The molecule has 1 saturated carbocycles. The molecule has 0 unspecified atom stereocenters. The number of piperidine rings is 2. The van der Waals surface area contributed by atoms with E-state index in [0.717, 1.165) is 115 Å². The molecule has 4 aliphatic rings. The normalized spacial score (nSPS) is 17.2. The van der Waals surface area contributed by atoms with Crippen LogP contribution in [0.3, 0.4) is 0 Å². The molecule has 0 atom stereocenters. The Kier molecular flexibility index (Phi) is 21.6. The number of carbonyl (C=O) groups excluding carboxylic acids is 3. The molecule has 0 radical (unpaired) electrons. The number of carbonyl (C=O) groups is 3. The summed E-state index contributed by atoms with van der Waals surface area (Å²) in [6, 6.07) is 11.4. The van der Waals surface area contributed by atoms with Crippen LogP contribution in [-0.4, -0.2) is 167 Å². The lowest BCUT2D eigenvalue weighted by Crippen LogP contribution is -2.66. The van der Waals surface area contributed by atoms with Gasteiger partial charge in [-0.25, -0.2) is 29.5 Å². The molecular formula is C62H93N15O7Si2. The number of amides is 2. The maximum Gasteiger partial charge on any atom is 0.410 e. The average molecular weight is 1220 g/mol. The lowest BCUT2D eigenvalue weighted by molar-refractivity contribution is -0.121. The zero-order valence-electron chi connectivity index (χ0n) is 52.3. The number of likely N-dealkylation sites (tertiary alicyclic amines) is 3. The van der Waals surface area contributed by atoms with Crippen LogP contribution in [0.15, 0.2) is 62.0 Å². The van der Waals surface area contributed by atoms with E-state index in [4.69, 9.17) is 24.0 Å². The molecule has 0 aromatic carbocycles. The molecule has 22 nitrogen and oxygen atoms in total. The Bertz CT molecular complexity index is 3320. The first-order valence-electron chi connectivity index (χ1n) is 30.0. The highest BCUT2D eigenvalue weighted by molar-refractivity contribution is 6.76. The van der Waals surface area contributed by atoms with E-state index in [0.29, 0.717) is 71.4 Å². The van der Waals surface area contributed by atoms with Gasteiger partial charge in [0.05, 0.1) is 54.3 Å². The van der Waals surface area contributed by atoms with Gasteiger partial charge in [0.15, 0.2) is 0 Å². The molecule has 0 bridgehead atoms. The van der Waals surface area contributed by atoms with Gasteiger partial charge < -0.3 is 37.9 Å². The second-order valence-electron chi connectivity index (χ2n) is 27.6. The van der Waals surface area contributed by atoms with Gasteiger partial charge in [0.2, 0.25) is 0 Å². The van der Waals surface area contributed by atoms with Crippen molar-refractivity contribution < 1.29 is 33.3 Å². The average Bonchev–Trinajstić information content (AvgIpc) is 1.47. The molecular weight excluding hydrogens is 1120 g/mol. The minimum atomic E-state index is -1.14. The summed E-state index contributed by atoms with van der Waals surface area (Å²) in [7, 11) is -2.24. The minimum absolute atomic E-state index is 0. The van der Waals surface area contributed by atoms with E-state index in [9.17, 15) is 24.9 Å². The zero-order chi connectivity index (χ0) is 61.4. The molecule has 24 heteroatoms. The Labute approximate surface area is 510 Å². The van der Waals surface area contributed by atoms with Crippen LogP contribution < -0.4 is 0 Å². The third-order valence-electron chi connectivity index (χ3n) is 16.0. The summed E-state index contributed by atoms with van der Waals surface area (Å²) in [5.74, 6) is 0.227. The van der Waals surface area contributed by atoms with Gasteiger partial charge in [-0.2, -0.15) is 20.7 Å². The summed E-state index contributed by atoms with van der Waals surface area (Å²) in [5, 5.41) is 30.2. The molecule has 3 saturated heterocycles. The lowest BCUT2D eigenvalue weighted by Gasteiger charge is -2.53. The van der Waals surface area contributed by atoms with E-state index in [-0.39, 0.29) is 36.5 Å². The SMILES string of the molecule is C.CC(C)(C)OC(=O)N1CCC(=O)CC1.CC(C)(C)OC(=O)N1CCC(N2CC(CC#N)(n3cc(-c4ncnc5c4ccn5COCC[Si](C)(C)C)cn3)C2)CC1.C[Si](C)(C)CCOCn1ccc2c(-c3cnn(C4(CC#N)CCC4)c3)ncnc21. The smallest absolute Gasteiger partial charge is 0.410 e. The van der Waals surface area contributed by atoms with Gasteiger partial charge in [0.25, 0.3) is 0 Å². The van der Waals surface area contributed by atoms with Gasteiger partial charge in [0.1, 0.15) is 59.9 Å². The third-order valence-corrected chi connectivity index (χ3v) is 19.4. The van der Waals surface area contributed by atoms with Gasteiger partial charge in [-0.3, -0.25) is 19.1 Å². The topological polar surface area (TPSA) is 242 Å². The van der Waals surface area contributed by atoms with E-state index >= 15 is 0 Å². The fraction of sp³-hybridized carbons (Fsp3) is 0.629. The molecule has 6 aromatic rings. The number of aromatic nitrogens is 10. The molecule has 4 fully saturated rings. The quantitative estimate of drug-likeness (QED) is 0.0609. The van der Waals surface area contributed by atoms with E-state index in [2.05, 4.69) is 81.4 Å². The summed E-state index contributed by atoms with van der Waals surface area (Å²) >= 11 is 0. The summed E-state index contributed by atoms with van der Waals surface area (Å²) in [5.41, 5.74) is 3.78. The summed E-state index contributed by atoms with van der Waals surface area (Å²) < 4.78 is 30.6. The van der Waals surface area contributed by atoms with Crippen LogP contribution in [0.5, 0.6) is 0 Å². The van der Waals surface area contributed by atoms with Crippen molar-refractivity contribution in [1.29, 1.82) is 10.5 Å². The van der Waals surface area contributed by atoms with Crippen molar-refractivity contribution in [2.75, 3.05) is 52.5 Å². The number of rotatable bonds is 17. The Morgan fingerprint density at radius 3 is 1.49 bits per heavy atom.